The van der Waals surface area contributed by atoms with Gasteiger partial charge in [-0.25, -0.2) is 13.8 Å². The molecule has 2 aromatic heterocycles. The zero-order valence-corrected chi connectivity index (χ0v) is 15.3. The van der Waals surface area contributed by atoms with Crippen LogP contribution in [-0.2, 0) is 4.79 Å². The van der Waals surface area contributed by atoms with Gasteiger partial charge in [0.2, 0.25) is 5.92 Å². The third kappa shape index (κ3) is 3.60. The summed E-state index contributed by atoms with van der Waals surface area (Å²) in [5, 5.41) is 10.4. The van der Waals surface area contributed by atoms with E-state index >= 15 is 0 Å². The van der Waals surface area contributed by atoms with E-state index in [0.717, 1.165) is 0 Å². The highest BCUT2D eigenvalue weighted by Gasteiger charge is 2.46. The number of pyridine rings is 1. The molecule has 2 aromatic rings. The number of nitrogens with zero attached hydrogens (tertiary/aromatic N) is 2. The van der Waals surface area contributed by atoms with E-state index < -0.39 is 36.6 Å². The Bertz CT molecular complexity index is 787. The zero-order chi connectivity index (χ0) is 17.5. The number of aliphatic carboxylic acids is 1. The number of aromatic nitrogens is 2. The third-order valence-corrected chi connectivity index (χ3v) is 6.06. The van der Waals surface area contributed by atoms with Crippen molar-refractivity contribution in [1.82, 2.24) is 9.97 Å². The van der Waals surface area contributed by atoms with E-state index in [2.05, 4.69) is 25.9 Å². The summed E-state index contributed by atoms with van der Waals surface area (Å²) in [6.07, 6.45) is 2.07. The molecule has 2 atom stereocenters. The van der Waals surface area contributed by atoms with Crippen LogP contribution in [0.3, 0.4) is 0 Å². The highest BCUT2D eigenvalue weighted by atomic mass is 79.9. The Morgan fingerprint density at radius 1 is 1.46 bits per heavy atom. The van der Waals surface area contributed by atoms with Gasteiger partial charge in [-0.2, -0.15) is 0 Å². The van der Waals surface area contributed by atoms with Gasteiger partial charge in [0.1, 0.15) is 5.01 Å². The van der Waals surface area contributed by atoms with Gasteiger partial charge in [-0.3, -0.25) is 9.78 Å². The van der Waals surface area contributed by atoms with Crippen molar-refractivity contribution in [3.63, 3.8) is 0 Å². The van der Waals surface area contributed by atoms with Crippen LogP contribution in [0.4, 0.5) is 8.78 Å². The van der Waals surface area contributed by atoms with Crippen LogP contribution in [0.1, 0.15) is 30.9 Å². The van der Waals surface area contributed by atoms with E-state index in [1.807, 2.05) is 0 Å². The first-order chi connectivity index (χ1) is 11.3. The molecule has 0 amide bonds. The zero-order valence-electron chi connectivity index (χ0n) is 12.2. The molecule has 0 aliphatic heterocycles. The molecule has 9 heteroatoms. The summed E-state index contributed by atoms with van der Waals surface area (Å²) in [5.74, 6) is -5.65. The quantitative estimate of drug-likeness (QED) is 0.714. The molecule has 1 aliphatic rings. The summed E-state index contributed by atoms with van der Waals surface area (Å²) < 4.78 is 28.2. The normalized spacial score (nSPS) is 23.2. The Morgan fingerprint density at radius 3 is 2.88 bits per heavy atom. The van der Waals surface area contributed by atoms with Gasteiger partial charge in [-0.15, -0.1) is 11.3 Å². The average molecular weight is 438 g/mol. The Hall–Kier alpha value is -1.12. The fourth-order valence-corrected chi connectivity index (χ4v) is 4.77. The molecule has 128 valence electrons. The SMILES string of the molecule is O=C(O)C1CCC(F)(F)CC1c1nc(-c2cncc(Cl)c2)sc1Br. The first kappa shape index (κ1) is 17.7. The number of rotatable bonds is 3. The first-order valence-corrected chi connectivity index (χ1v) is 9.13. The second kappa shape index (κ2) is 6.65. The molecule has 2 unspecified atom stereocenters. The summed E-state index contributed by atoms with van der Waals surface area (Å²) in [5.41, 5.74) is 1.02. The number of carboxylic acids is 1. The first-order valence-electron chi connectivity index (χ1n) is 7.14. The Morgan fingerprint density at radius 2 is 2.21 bits per heavy atom. The van der Waals surface area contributed by atoms with Gasteiger partial charge < -0.3 is 5.11 Å². The number of thiazole rings is 1. The second-order valence-corrected chi connectivity index (χ2v) is 8.47. The van der Waals surface area contributed by atoms with Crippen molar-refractivity contribution in [1.29, 1.82) is 0 Å². The average Bonchev–Trinajstić information content (AvgIpc) is 2.88. The number of alkyl halides is 2. The van der Waals surface area contributed by atoms with Crippen LogP contribution in [0.25, 0.3) is 10.6 Å². The molecule has 1 saturated carbocycles. The van der Waals surface area contributed by atoms with Gasteiger partial charge in [0.25, 0.3) is 0 Å². The molecule has 4 nitrogen and oxygen atoms in total. The van der Waals surface area contributed by atoms with E-state index in [9.17, 15) is 18.7 Å². The molecule has 0 bridgehead atoms. The summed E-state index contributed by atoms with van der Waals surface area (Å²) in [6, 6.07) is 1.67. The van der Waals surface area contributed by atoms with Crippen molar-refractivity contribution in [2.75, 3.05) is 0 Å². The lowest BCUT2D eigenvalue weighted by molar-refractivity contribution is -0.147. The maximum Gasteiger partial charge on any atom is 0.307 e. The minimum atomic E-state index is -2.88. The molecule has 1 N–H and O–H groups in total. The summed E-state index contributed by atoms with van der Waals surface area (Å²) in [7, 11) is 0. The summed E-state index contributed by atoms with van der Waals surface area (Å²) in [4.78, 5) is 19.9. The predicted octanol–water partition coefficient (Wildman–Crippen LogP) is 5.22. The molecular formula is C15H12BrClF2N2O2S. The summed E-state index contributed by atoms with van der Waals surface area (Å²) >= 11 is 10.5. The van der Waals surface area contributed by atoms with Gasteiger partial charge in [-0.1, -0.05) is 11.6 Å². The van der Waals surface area contributed by atoms with Gasteiger partial charge in [0.15, 0.2) is 0 Å². The molecule has 1 fully saturated rings. The maximum atomic E-state index is 13.8. The number of carbonyl (C=O) groups is 1. The molecular weight excluding hydrogens is 426 g/mol. The lowest BCUT2D eigenvalue weighted by Gasteiger charge is -2.33. The van der Waals surface area contributed by atoms with Crippen molar-refractivity contribution in [3.05, 3.63) is 33.0 Å². The lowest BCUT2D eigenvalue weighted by Crippen LogP contribution is -2.35. The Kier molecular flexibility index (Phi) is 4.90. The topological polar surface area (TPSA) is 63.1 Å². The standard InChI is InChI=1S/C15H12BrClF2N2O2S/c16-12-11(10-4-15(18,19)2-1-9(10)14(22)23)21-13(24-12)7-3-8(17)6-20-5-7/h3,5-6,9-10H,1-2,4H2,(H,22,23). The van der Waals surface area contributed by atoms with Gasteiger partial charge in [0.05, 0.1) is 20.4 Å². The highest BCUT2D eigenvalue weighted by molar-refractivity contribution is 9.11. The maximum absolute atomic E-state index is 13.8. The van der Waals surface area contributed by atoms with E-state index in [1.165, 1.54) is 17.5 Å². The van der Waals surface area contributed by atoms with Gasteiger partial charge in [-0.05, 0) is 28.4 Å². The van der Waals surface area contributed by atoms with Crippen LogP contribution < -0.4 is 0 Å². The molecule has 3 rings (SSSR count). The van der Waals surface area contributed by atoms with E-state index in [-0.39, 0.29) is 6.42 Å². The predicted molar refractivity (Wildman–Crippen MR) is 90.7 cm³/mol. The van der Waals surface area contributed by atoms with Gasteiger partial charge in [0, 0.05) is 36.7 Å². The lowest BCUT2D eigenvalue weighted by atomic mass is 9.76. The van der Waals surface area contributed by atoms with Crippen molar-refractivity contribution >= 4 is 44.8 Å². The minimum Gasteiger partial charge on any atom is -0.481 e. The molecule has 0 radical (unpaired) electrons. The highest BCUT2D eigenvalue weighted by Crippen LogP contribution is 2.48. The van der Waals surface area contributed by atoms with Crippen molar-refractivity contribution < 1.29 is 18.7 Å². The fraction of sp³-hybridized carbons (Fsp3) is 0.400. The van der Waals surface area contributed by atoms with Crippen molar-refractivity contribution in [2.45, 2.75) is 31.1 Å². The van der Waals surface area contributed by atoms with Crippen molar-refractivity contribution in [2.24, 2.45) is 5.92 Å². The Balaban J connectivity index is 2.00. The molecule has 0 saturated heterocycles. The minimum absolute atomic E-state index is 0.0645. The number of carboxylic acid groups (broad SMARTS) is 1. The van der Waals surface area contributed by atoms with Crippen molar-refractivity contribution in [3.8, 4) is 10.6 Å². The summed E-state index contributed by atoms with van der Waals surface area (Å²) in [6.45, 7) is 0. The van der Waals surface area contributed by atoms with E-state index in [4.69, 9.17) is 11.6 Å². The van der Waals surface area contributed by atoms with Gasteiger partial charge >= 0.3 is 5.97 Å². The number of hydrogen-bond acceptors (Lipinski definition) is 4. The molecule has 2 heterocycles. The van der Waals surface area contributed by atoms with Crippen LogP contribution in [0.2, 0.25) is 5.02 Å². The van der Waals surface area contributed by atoms with Crippen LogP contribution in [0.15, 0.2) is 22.2 Å². The molecule has 24 heavy (non-hydrogen) atoms. The molecule has 1 aliphatic carbocycles. The fourth-order valence-electron chi connectivity index (χ4n) is 2.91. The van der Waals surface area contributed by atoms with E-state index in [1.54, 1.807) is 12.3 Å². The molecule has 0 aromatic carbocycles. The second-order valence-electron chi connectivity index (χ2n) is 5.72. The van der Waals surface area contributed by atoms with E-state index in [0.29, 0.717) is 25.1 Å². The van der Waals surface area contributed by atoms with Crippen LogP contribution in [0, 0.1) is 5.92 Å². The Labute approximate surface area is 154 Å². The largest absolute Gasteiger partial charge is 0.481 e. The monoisotopic (exact) mass is 436 g/mol. The third-order valence-electron chi connectivity index (χ3n) is 4.06. The van der Waals surface area contributed by atoms with Crippen LogP contribution in [-0.4, -0.2) is 27.0 Å². The van der Waals surface area contributed by atoms with Crippen LogP contribution >= 0.6 is 38.9 Å². The van der Waals surface area contributed by atoms with Crippen LogP contribution in [0.5, 0.6) is 0 Å². The number of hydrogen-bond donors (Lipinski definition) is 1. The smallest absolute Gasteiger partial charge is 0.307 e. The number of halogens is 4. The molecule has 0 spiro atoms.